The van der Waals surface area contributed by atoms with E-state index in [0.29, 0.717) is 41.2 Å². The normalized spacial score (nSPS) is 20.0. The minimum Gasteiger partial charge on any atom is -0.494 e. The number of benzene rings is 3. The van der Waals surface area contributed by atoms with Crippen LogP contribution in [0, 0.1) is 23.2 Å². The minimum absolute atomic E-state index is 0.0273. The lowest BCUT2D eigenvalue weighted by Crippen LogP contribution is -2.45. The third-order valence-electron chi connectivity index (χ3n) is 10.3. The summed E-state index contributed by atoms with van der Waals surface area (Å²) < 4.78 is 28.7. The highest BCUT2D eigenvalue weighted by Gasteiger charge is 2.37. The lowest BCUT2D eigenvalue weighted by atomic mass is 9.75. The first-order valence-electron chi connectivity index (χ1n) is 18.3. The van der Waals surface area contributed by atoms with Crippen molar-refractivity contribution in [3.05, 3.63) is 83.9 Å². The van der Waals surface area contributed by atoms with Crippen molar-refractivity contribution in [1.82, 2.24) is 0 Å². The maximum atomic E-state index is 13.0. The number of hydrogen-bond acceptors (Lipinski definition) is 7. The lowest BCUT2D eigenvalue weighted by Gasteiger charge is -2.40. The maximum absolute atomic E-state index is 13.0. The van der Waals surface area contributed by atoms with Crippen molar-refractivity contribution >= 4 is 11.9 Å². The summed E-state index contributed by atoms with van der Waals surface area (Å²) in [5, 5.41) is 0. The van der Waals surface area contributed by atoms with E-state index in [4.69, 9.17) is 23.7 Å². The van der Waals surface area contributed by atoms with Gasteiger partial charge in [-0.2, -0.15) is 0 Å². The van der Waals surface area contributed by atoms with Crippen LogP contribution >= 0.6 is 0 Å². The van der Waals surface area contributed by atoms with E-state index >= 15 is 0 Å². The molecular formula is C42H54O7. The van der Waals surface area contributed by atoms with Crippen LogP contribution in [0.5, 0.6) is 11.5 Å². The van der Waals surface area contributed by atoms with Crippen LogP contribution < -0.4 is 9.47 Å². The van der Waals surface area contributed by atoms with Crippen molar-refractivity contribution in [3.8, 4) is 22.6 Å². The molecule has 0 aromatic heterocycles. The summed E-state index contributed by atoms with van der Waals surface area (Å²) in [6.07, 6.45) is 8.56. The molecule has 1 aliphatic heterocycles. The molecule has 1 heterocycles. The second kappa shape index (κ2) is 17.8. The summed E-state index contributed by atoms with van der Waals surface area (Å²) in [6.45, 7) is 12.8. The summed E-state index contributed by atoms with van der Waals surface area (Å²) in [7, 11) is 0. The fourth-order valence-electron chi connectivity index (χ4n) is 6.74. The molecule has 3 aromatic carbocycles. The largest absolute Gasteiger partial charge is 0.494 e. The zero-order valence-corrected chi connectivity index (χ0v) is 29.8. The average Bonchev–Trinajstić information content (AvgIpc) is 3.09. The highest BCUT2D eigenvalue weighted by molar-refractivity contribution is 5.91. The molecule has 7 heteroatoms. The summed E-state index contributed by atoms with van der Waals surface area (Å²) in [6, 6.07) is 21.9. The Morgan fingerprint density at radius 2 is 1.37 bits per heavy atom. The molecule has 5 rings (SSSR count). The summed E-state index contributed by atoms with van der Waals surface area (Å²) in [5.41, 5.74) is 3.19. The van der Waals surface area contributed by atoms with E-state index in [1.54, 1.807) is 36.4 Å². The van der Waals surface area contributed by atoms with Gasteiger partial charge in [-0.25, -0.2) is 9.59 Å². The first-order chi connectivity index (χ1) is 23.7. The molecule has 3 atom stereocenters. The Bertz CT molecular complexity index is 1450. The van der Waals surface area contributed by atoms with Gasteiger partial charge in [0.25, 0.3) is 0 Å². The van der Waals surface area contributed by atoms with Crippen molar-refractivity contribution < 1.29 is 33.3 Å². The smallest absolute Gasteiger partial charge is 0.343 e. The predicted octanol–water partition coefficient (Wildman–Crippen LogP) is 9.57. The highest BCUT2D eigenvalue weighted by Crippen LogP contribution is 2.36. The van der Waals surface area contributed by atoms with Gasteiger partial charge >= 0.3 is 11.9 Å². The van der Waals surface area contributed by atoms with Crippen LogP contribution in [0.15, 0.2) is 72.8 Å². The van der Waals surface area contributed by atoms with Gasteiger partial charge in [0, 0.05) is 12.0 Å². The first-order valence-corrected chi connectivity index (χ1v) is 18.3. The Morgan fingerprint density at radius 3 is 1.98 bits per heavy atom. The molecular weight excluding hydrogens is 616 g/mol. The topological polar surface area (TPSA) is 80.3 Å². The monoisotopic (exact) mass is 670 g/mol. The van der Waals surface area contributed by atoms with E-state index in [0.717, 1.165) is 88.2 Å². The van der Waals surface area contributed by atoms with Crippen LogP contribution in [-0.2, 0) is 14.2 Å². The Morgan fingerprint density at radius 1 is 0.776 bits per heavy atom. The summed E-state index contributed by atoms with van der Waals surface area (Å²) >= 11 is 0. The zero-order valence-electron chi connectivity index (χ0n) is 29.8. The molecule has 1 aliphatic carbocycles. The second-order valence-corrected chi connectivity index (χ2v) is 14.4. The van der Waals surface area contributed by atoms with E-state index < -0.39 is 5.97 Å². The fourth-order valence-corrected chi connectivity index (χ4v) is 6.74. The molecule has 2 aliphatic rings. The number of rotatable bonds is 17. The molecule has 264 valence electrons. The van der Waals surface area contributed by atoms with Crippen molar-refractivity contribution in [2.75, 3.05) is 33.0 Å². The van der Waals surface area contributed by atoms with Gasteiger partial charge in [-0.05, 0) is 116 Å². The Labute approximate surface area is 292 Å². The average molecular weight is 671 g/mol. The van der Waals surface area contributed by atoms with Crippen LogP contribution in [0.2, 0.25) is 0 Å². The molecule has 1 saturated heterocycles. The fraction of sp³-hybridized carbons (Fsp3) is 0.524. The molecule has 0 spiro atoms. The van der Waals surface area contributed by atoms with Crippen LogP contribution in [0.25, 0.3) is 11.1 Å². The minimum atomic E-state index is -0.425. The third kappa shape index (κ3) is 10.4. The Kier molecular flexibility index (Phi) is 13.3. The molecule has 0 N–H and O–H groups in total. The van der Waals surface area contributed by atoms with Gasteiger partial charge < -0.3 is 23.7 Å². The maximum Gasteiger partial charge on any atom is 0.343 e. The van der Waals surface area contributed by atoms with E-state index in [-0.39, 0.29) is 17.5 Å². The number of carbonyl (C=O) groups excluding carboxylic acids is 2. The third-order valence-corrected chi connectivity index (χ3v) is 10.3. The van der Waals surface area contributed by atoms with Gasteiger partial charge in [-0.3, -0.25) is 0 Å². The Balaban J connectivity index is 1.00. The van der Waals surface area contributed by atoms with Crippen molar-refractivity contribution in [2.24, 2.45) is 23.2 Å². The molecule has 3 unspecified atom stereocenters. The second-order valence-electron chi connectivity index (χ2n) is 14.4. The zero-order chi connectivity index (χ0) is 34.6. The SMILES string of the molecule is CCC1(COCCCCCCOc2ccc(C(=O)Oc3ccc(-c4ccc(C(=O)OC5CC(C)CCC5C(C)C)cc4)cc3)cc2)COC1. The quantitative estimate of drug-likeness (QED) is 0.0804. The van der Waals surface area contributed by atoms with E-state index in [1.165, 1.54) is 6.42 Å². The molecule has 49 heavy (non-hydrogen) atoms. The van der Waals surface area contributed by atoms with Crippen LogP contribution in [-0.4, -0.2) is 51.1 Å². The number of hydrogen-bond donors (Lipinski definition) is 0. The Hall–Kier alpha value is -3.68. The van der Waals surface area contributed by atoms with E-state index in [2.05, 4.69) is 27.7 Å². The van der Waals surface area contributed by atoms with Gasteiger partial charge in [0.2, 0.25) is 0 Å². The van der Waals surface area contributed by atoms with Crippen LogP contribution in [0.3, 0.4) is 0 Å². The lowest BCUT2D eigenvalue weighted by molar-refractivity contribution is -0.150. The van der Waals surface area contributed by atoms with E-state index in [1.807, 2.05) is 36.4 Å². The molecule has 0 bridgehead atoms. The first kappa shape index (κ1) is 36.6. The number of ether oxygens (including phenoxy) is 5. The van der Waals surface area contributed by atoms with Crippen molar-refractivity contribution in [1.29, 1.82) is 0 Å². The summed E-state index contributed by atoms with van der Waals surface area (Å²) in [4.78, 5) is 25.8. The van der Waals surface area contributed by atoms with Crippen molar-refractivity contribution in [2.45, 2.75) is 85.2 Å². The molecule has 7 nitrogen and oxygen atoms in total. The van der Waals surface area contributed by atoms with Gasteiger partial charge in [0.15, 0.2) is 0 Å². The summed E-state index contributed by atoms with van der Waals surface area (Å²) in [5.74, 6) is 1.99. The molecule has 3 aromatic rings. The van der Waals surface area contributed by atoms with Crippen LogP contribution in [0.4, 0.5) is 0 Å². The number of carbonyl (C=O) groups is 2. The van der Waals surface area contributed by atoms with Gasteiger partial charge in [0.1, 0.15) is 17.6 Å². The molecule has 0 amide bonds. The number of unbranched alkanes of at least 4 members (excludes halogenated alkanes) is 3. The van der Waals surface area contributed by atoms with Gasteiger partial charge in [0.05, 0.1) is 37.6 Å². The molecule has 0 radical (unpaired) electrons. The highest BCUT2D eigenvalue weighted by atomic mass is 16.5. The van der Waals surface area contributed by atoms with Crippen molar-refractivity contribution in [3.63, 3.8) is 0 Å². The van der Waals surface area contributed by atoms with Crippen LogP contribution in [0.1, 0.15) is 99.8 Å². The standard InChI is InChI=1S/C42H54O7/c1-5-42(28-46-29-42)27-45-24-8-6-7-9-25-47-36-19-17-35(18-20-36)40(43)48-37-21-15-33(16-22-37)32-11-13-34(14-12-32)41(44)49-39-26-31(4)10-23-38(39)30(2)3/h11-22,30-31,38-39H,5-10,23-29H2,1-4H3. The molecule has 2 fully saturated rings. The van der Waals surface area contributed by atoms with E-state index in [9.17, 15) is 9.59 Å². The number of esters is 2. The van der Waals surface area contributed by atoms with Gasteiger partial charge in [-0.15, -0.1) is 0 Å². The molecule has 1 saturated carbocycles. The predicted molar refractivity (Wildman–Crippen MR) is 192 cm³/mol. The van der Waals surface area contributed by atoms with Gasteiger partial charge in [-0.1, -0.05) is 64.8 Å².